The van der Waals surface area contributed by atoms with Gasteiger partial charge in [-0.15, -0.1) is 11.3 Å². The lowest BCUT2D eigenvalue weighted by Crippen LogP contribution is -2.30. The largest absolute Gasteiger partial charge is 0.244 e. The first-order valence-electron chi connectivity index (χ1n) is 8.13. The Balaban J connectivity index is 1.76. The summed E-state index contributed by atoms with van der Waals surface area (Å²) in [6.45, 7) is 0. The van der Waals surface area contributed by atoms with E-state index < -0.39 is 0 Å². The maximum Gasteiger partial charge on any atom is 0.144 e. The third kappa shape index (κ3) is 2.64. The predicted octanol–water partition coefficient (Wildman–Crippen LogP) is 5.39. The number of dihydropyridines is 1. The maximum atomic E-state index is 9.64. The number of thiophene rings is 1. The molecule has 24 heavy (non-hydrogen) atoms. The van der Waals surface area contributed by atoms with Crippen LogP contribution in [0.3, 0.4) is 0 Å². The summed E-state index contributed by atoms with van der Waals surface area (Å²) < 4.78 is 0. The van der Waals surface area contributed by atoms with Gasteiger partial charge in [0.05, 0.1) is 5.57 Å². The van der Waals surface area contributed by atoms with Crippen molar-refractivity contribution in [2.45, 2.75) is 25.2 Å². The Hall–Kier alpha value is -2.09. The van der Waals surface area contributed by atoms with Crippen LogP contribution in [0.5, 0.6) is 0 Å². The summed E-state index contributed by atoms with van der Waals surface area (Å²) in [6, 6.07) is 17.1. The molecule has 118 valence electrons. The standard InChI is InChI=1S/C20H16N2S2/c21-12-16-19(18-7-4-10-24-18)15-11-14(13-5-2-1-3-6-13)8-9-17(15)22-20(16)23/h1-7,10,14-15H,8-9,11H2. The Kier molecular flexibility index (Phi) is 4.13. The molecule has 2 unspecified atom stereocenters. The van der Waals surface area contributed by atoms with E-state index in [1.54, 1.807) is 11.3 Å². The van der Waals surface area contributed by atoms with Crippen molar-refractivity contribution in [3.8, 4) is 6.07 Å². The summed E-state index contributed by atoms with van der Waals surface area (Å²) in [5.41, 5.74) is 4.24. The number of benzene rings is 1. The maximum absolute atomic E-state index is 9.64. The van der Waals surface area contributed by atoms with Crippen molar-refractivity contribution in [3.63, 3.8) is 0 Å². The molecule has 1 aliphatic carbocycles. The van der Waals surface area contributed by atoms with Crippen LogP contribution in [0, 0.1) is 17.2 Å². The Morgan fingerprint density at radius 2 is 2.00 bits per heavy atom. The van der Waals surface area contributed by atoms with Gasteiger partial charge in [-0.05, 0) is 47.8 Å². The van der Waals surface area contributed by atoms with E-state index in [2.05, 4.69) is 52.8 Å². The number of aliphatic imine (C=N–C) groups is 1. The third-order valence-corrected chi connectivity index (χ3v) is 6.12. The highest BCUT2D eigenvalue weighted by Gasteiger charge is 2.36. The molecule has 2 heterocycles. The Bertz CT molecular complexity index is 870. The van der Waals surface area contributed by atoms with E-state index in [1.807, 2.05) is 6.07 Å². The molecule has 1 aliphatic heterocycles. The van der Waals surface area contributed by atoms with Crippen LogP contribution in [-0.4, -0.2) is 10.7 Å². The van der Waals surface area contributed by atoms with Gasteiger partial charge in [-0.3, -0.25) is 0 Å². The van der Waals surface area contributed by atoms with Gasteiger partial charge in [-0.25, -0.2) is 4.99 Å². The molecule has 2 aliphatic rings. The number of fused-ring (bicyclic) bond motifs is 1. The van der Waals surface area contributed by atoms with E-state index in [4.69, 9.17) is 12.2 Å². The molecule has 0 amide bonds. The molecule has 0 bridgehead atoms. The Morgan fingerprint density at radius 1 is 1.17 bits per heavy atom. The fourth-order valence-corrected chi connectivity index (χ4v) is 4.90. The molecular weight excluding hydrogens is 332 g/mol. The van der Waals surface area contributed by atoms with E-state index in [0.29, 0.717) is 16.5 Å². The smallest absolute Gasteiger partial charge is 0.144 e. The van der Waals surface area contributed by atoms with Crippen molar-refractivity contribution in [3.05, 3.63) is 63.9 Å². The average molecular weight is 348 g/mol. The zero-order chi connectivity index (χ0) is 16.5. The first kappa shape index (κ1) is 15.4. The normalized spacial score (nSPS) is 23.5. The molecule has 0 N–H and O–H groups in total. The van der Waals surface area contributed by atoms with Crippen LogP contribution in [0.15, 0.2) is 58.4 Å². The minimum Gasteiger partial charge on any atom is -0.244 e. The van der Waals surface area contributed by atoms with Crippen LogP contribution in [0.4, 0.5) is 0 Å². The van der Waals surface area contributed by atoms with E-state index in [0.717, 1.165) is 35.4 Å². The number of thiocarbonyl (C=S) groups is 1. The molecule has 4 heteroatoms. The topological polar surface area (TPSA) is 36.1 Å². The van der Waals surface area contributed by atoms with Gasteiger partial charge < -0.3 is 0 Å². The van der Waals surface area contributed by atoms with E-state index in [9.17, 15) is 5.26 Å². The first-order chi connectivity index (χ1) is 11.8. The molecule has 1 saturated carbocycles. The lowest BCUT2D eigenvalue weighted by atomic mass is 9.71. The molecule has 1 aromatic heterocycles. The van der Waals surface area contributed by atoms with Crippen molar-refractivity contribution >= 4 is 39.8 Å². The van der Waals surface area contributed by atoms with Gasteiger partial charge in [0.25, 0.3) is 0 Å². The SMILES string of the molecule is N#CC1=C(c2cccs2)C2CC(c3ccccc3)CCC2=NC1=S. The molecule has 0 radical (unpaired) electrons. The first-order valence-corrected chi connectivity index (χ1v) is 9.41. The number of allylic oxidation sites excluding steroid dienone is 1. The van der Waals surface area contributed by atoms with E-state index in [-0.39, 0.29) is 5.92 Å². The number of nitrogens with zero attached hydrogens (tertiary/aromatic N) is 2. The minimum atomic E-state index is 0.212. The number of hydrogen-bond acceptors (Lipinski definition) is 3. The second kappa shape index (κ2) is 6.43. The van der Waals surface area contributed by atoms with Crippen LogP contribution >= 0.6 is 23.6 Å². The van der Waals surface area contributed by atoms with Gasteiger partial charge >= 0.3 is 0 Å². The van der Waals surface area contributed by atoms with Crippen molar-refractivity contribution < 1.29 is 0 Å². The number of rotatable bonds is 2. The molecule has 2 atom stereocenters. The van der Waals surface area contributed by atoms with Crippen molar-refractivity contribution in [2.24, 2.45) is 10.9 Å². The zero-order valence-corrected chi connectivity index (χ0v) is 14.7. The van der Waals surface area contributed by atoms with E-state index in [1.165, 1.54) is 5.56 Å². The lowest BCUT2D eigenvalue weighted by Gasteiger charge is -2.35. The quantitative estimate of drug-likeness (QED) is 0.682. The molecule has 1 fully saturated rings. The van der Waals surface area contributed by atoms with Crippen molar-refractivity contribution in [1.29, 1.82) is 5.26 Å². The summed E-state index contributed by atoms with van der Waals surface area (Å²) in [5, 5.41) is 11.7. The molecular formula is C20H16N2S2. The molecule has 4 rings (SSSR count). The Morgan fingerprint density at radius 3 is 2.71 bits per heavy atom. The van der Waals surface area contributed by atoms with Gasteiger partial charge in [0.15, 0.2) is 0 Å². The van der Waals surface area contributed by atoms with Gasteiger partial charge in [0.2, 0.25) is 0 Å². The third-order valence-electron chi connectivity index (χ3n) is 4.92. The van der Waals surface area contributed by atoms with Crippen molar-refractivity contribution in [2.75, 3.05) is 0 Å². The molecule has 2 aromatic rings. The predicted molar refractivity (Wildman–Crippen MR) is 103 cm³/mol. The summed E-state index contributed by atoms with van der Waals surface area (Å²) >= 11 is 7.09. The van der Waals surface area contributed by atoms with Gasteiger partial charge in [0, 0.05) is 16.5 Å². The summed E-state index contributed by atoms with van der Waals surface area (Å²) in [7, 11) is 0. The Labute approximate surface area is 151 Å². The van der Waals surface area contributed by atoms with Crippen LogP contribution < -0.4 is 0 Å². The fourth-order valence-electron chi connectivity index (χ4n) is 3.79. The highest BCUT2D eigenvalue weighted by molar-refractivity contribution is 7.80. The molecule has 2 nitrogen and oxygen atoms in total. The van der Waals surface area contributed by atoms with Crippen LogP contribution in [0.25, 0.3) is 5.57 Å². The number of nitriles is 1. The highest BCUT2D eigenvalue weighted by Crippen LogP contribution is 2.45. The second-order valence-corrected chi connectivity index (χ2v) is 7.56. The lowest BCUT2D eigenvalue weighted by molar-refractivity contribution is 0.519. The molecule has 0 saturated heterocycles. The van der Waals surface area contributed by atoms with Gasteiger partial charge in [-0.1, -0.05) is 48.6 Å². The minimum absolute atomic E-state index is 0.212. The molecule has 1 aromatic carbocycles. The van der Waals surface area contributed by atoms with Gasteiger partial charge in [0.1, 0.15) is 11.1 Å². The van der Waals surface area contributed by atoms with Crippen molar-refractivity contribution in [1.82, 2.24) is 0 Å². The number of hydrogen-bond donors (Lipinski definition) is 0. The highest BCUT2D eigenvalue weighted by atomic mass is 32.1. The van der Waals surface area contributed by atoms with E-state index >= 15 is 0 Å². The zero-order valence-electron chi connectivity index (χ0n) is 13.1. The average Bonchev–Trinajstić information content (AvgIpc) is 3.15. The summed E-state index contributed by atoms with van der Waals surface area (Å²) in [6.07, 6.45) is 3.06. The van der Waals surface area contributed by atoms with Crippen LogP contribution in [0.2, 0.25) is 0 Å². The fraction of sp³-hybridized carbons (Fsp3) is 0.250. The summed E-state index contributed by atoms with van der Waals surface area (Å²) in [4.78, 5) is 6.23. The molecule has 0 spiro atoms. The van der Waals surface area contributed by atoms with Gasteiger partial charge in [-0.2, -0.15) is 5.26 Å². The van der Waals surface area contributed by atoms with Crippen LogP contribution in [-0.2, 0) is 0 Å². The monoisotopic (exact) mass is 348 g/mol. The second-order valence-electron chi connectivity index (χ2n) is 6.22. The summed E-state index contributed by atoms with van der Waals surface area (Å²) in [5.74, 6) is 0.723. The van der Waals surface area contributed by atoms with Crippen LogP contribution in [0.1, 0.15) is 35.6 Å².